The number of benzene rings is 17. The van der Waals surface area contributed by atoms with Crippen LogP contribution in [0.2, 0.25) is 0 Å². The first kappa shape index (κ1) is 64.9. The number of fused-ring (bicyclic) bond motifs is 31. The highest BCUT2D eigenvalue weighted by molar-refractivity contribution is 7.27. The lowest BCUT2D eigenvalue weighted by Gasteiger charge is -2.15. The summed E-state index contributed by atoms with van der Waals surface area (Å²) in [5.41, 5.74) is 21.1. The number of para-hydroxylation sites is 7. The first-order valence-electron chi connectivity index (χ1n) is 40.2. The summed E-state index contributed by atoms with van der Waals surface area (Å²) >= 11 is 3.68. The molecule has 0 unspecified atom stereocenters. The van der Waals surface area contributed by atoms with Crippen LogP contribution in [0, 0.1) is 0 Å². The van der Waals surface area contributed by atoms with E-state index >= 15 is 0 Å². The zero-order chi connectivity index (χ0) is 77.4. The highest BCUT2D eigenvalue weighted by atomic mass is 32.1. The number of hydrogen-bond acceptors (Lipinski definition) is 8. The summed E-state index contributed by atoms with van der Waals surface area (Å²) in [5, 5.41) is 22.3. The lowest BCUT2D eigenvalue weighted by atomic mass is 9.92. The Morgan fingerprint density at radius 3 is 1.46 bits per heavy atom. The number of hydrogen-bond donors (Lipinski definition) is 0. The molecule has 27 rings (SSSR count). The van der Waals surface area contributed by atoms with Gasteiger partial charge in [-0.25, -0.2) is 24.9 Å². The molecule has 0 amide bonds. The van der Waals surface area contributed by atoms with E-state index < -0.39 is 0 Å². The van der Waals surface area contributed by atoms with Crippen LogP contribution in [0.5, 0.6) is 0 Å². The van der Waals surface area contributed by atoms with Gasteiger partial charge in [0.05, 0.1) is 71.3 Å². The van der Waals surface area contributed by atoms with E-state index in [1.165, 1.54) is 57.2 Å². The number of pyridine rings is 1. The van der Waals surface area contributed by atoms with Crippen molar-refractivity contribution in [3.63, 3.8) is 0 Å². The third-order valence-corrected chi connectivity index (χ3v) is 27.4. The van der Waals surface area contributed by atoms with Crippen molar-refractivity contribution in [3.8, 4) is 68.2 Å². The van der Waals surface area contributed by atoms with Crippen molar-refractivity contribution in [2.24, 2.45) is 0 Å². The van der Waals surface area contributed by atoms with E-state index in [0.29, 0.717) is 11.9 Å². The summed E-state index contributed by atoms with van der Waals surface area (Å²) in [6.07, 6.45) is 1.98. The lowest BCUT2D eigenvalue weighted by molar-refractivity contribution is 0.673. The monoisotopic (exact) mass is 1550 g/mol. The SMILES string of the molecule is c1ccc(-c2nc(-n3c4ccccc4c4c5c6ccccc6oc5c5c(-c6ccc7c8c9c%10ccccc%10sc9c9cc(-c%10ccc%11c(c%10)c%10ccccc%10n%11-c%10ccc%11sc%12c(-n%13c%14ccccc%14c%14ccccc%14%13)nccc%12c%11c%10)ccc9c8n(-c8nc(-c9ccccc9)c9ccccc9n8)c7c6)cccc5c43)nc3ccccc23)cc1. The summed E-state index contributed by atoms with van der Waals surface area (Å²) in [5.74, 6) is 2.11. The highest BCUT2D eigenvalue weighted by Crippen LogP contribution is 2.54. The van der Waals surface area contributed by atoms with Gasteiger partial charge in [-0.1, -0.05) is 255 Å². The summed E-state index contributed by atoms with van der Waals surface area (Å²) in [6, 6.07) is 128. The molecule has 10 aromatic heterocycles. The van der Waals surface area contributed by atoms with Crippen LogP contribution in [0.1, 0.15) is 0 Å². The minimum absolute atomic E-state index is 0.576. The van der Waals surface area contributed by atoms with Crippen LogP contribution in [-0.2, 0) is 0 Å². The molecule has 0 bridgehead atoms. The van der Waals surface area contributed by atoms with Gasteiger partial charge in [-0.05, 0) is 119 Å². The molecule has 0 saturated heterocycles. The van der Waals surface area contributed by atoms with Gasteiger partial charge in [0.1, 0.15) is 11.2 Å². The minimum atomic E-state index is 0.576. The summed E-state index contributed by atoms with van der Waals surface area (Å²) in [4.78, 5) is 27.8. The van der Waals surface area contributed by atoms with Crippen molar-refractivity contribution in [1.29, 1.82) is 0 Å². The second kappa shape index (κ2) is 24.5. The third kappa shape index (κ3) is 9.15. The van der Waals surface area contributed by atoms with Gasteiger partial charge >= 0.3 is 0 Å². The maximum atomic E-state index is 7.37. The Hall–Kier alpha value is -15.5. The topological polar surface area (TPSA) is 97.3 Å². The molecule has 0 aliphatic rings. The van der Waals surface area contributed by atoms with Crippen LogP contribution in [0.15, 0.2) is 362 Å². The molecule has 0 saturated carbocycles. The molecule has 0 aliphatic carbocycles. The maximum absolute atomic E-state index is 7.37. The Morgan fingerprint density at radius 2 is 0.756 bits per heavy atom. The summed E-state index contributed by atoms with van der Waals surface area (Å²) < 4.78 is 21.7. The zero-order valence-corrected chi connectivity index (χ0v) is 64.9. The average molecular weight is 1550 g/mol. The van der Waals surface area contributed by atoms with Crippen molar-refractivity contribution in [3.05, 3.63) is 358 Å². The average Bonchev–Trinajstić information content (AvgIpc) is 1.47. The normalized spacial score (nSPS) is 12.4. The van der Waals surface area contributed by atoms with Crippen molar-refractivity contribution in [1.82, 2.24) is 43.2 Å². The molecule has 17 aromatic carbocycles. The van der Waals surface area contributed by atoms with E-state index in [1.807, 2.05) is 28.9 Å². The third-order valence-electron chi connectivity index (χ3n) is 25.0. The molecule has 12 heteroatoms. The molecule has 550 valence electrons. The highest BCUT2D eigenvalue weighted by Gasteiger charge is 2.30. The fourth-order valence-corrected chi connectivity index (χ4v) is 22.3. The van der Waals surface area contributed by atoms with Crippen LogP contribution < -0.4 is 0 Å². The van der Waals surface area contributed by atoms with Crippen molar-refractivity contribution < 1.29 is 4.42 Å². The summed E-state index contributed by atoms with van der Waals surface area (Å²) in [7, 11) is 0. The number of nitrogens with zero attached hydrogens (tertiary/aromatic N) is 9. The maximum Gasteiger partial charge on any atom is 0.235 e. The first-order valence-corrected chi connectivity index (χ1v) is 41.8. The van der Waals surface area contributed by atoms with E-state index in [1.54, 1.807) is 0 Å². The molecule has 119 heavy (non-hydrogen) atoms. The number of furan rings is 1. The van der Waals surface area contributed by atoms with Crippen LogP contribution in [0.4, 0.5) is 0 Å². The van der Waals surface area contributed by atoms with E-state index in [2.05, 4.69) is 370 Å². The van der Waals surface area contributed by atoms with Gasteiger partial charge in [0.2, 0.25) is 11.9 Å². The predicted molar refractivity (Wildman–Crippen MR) is 498 cm³/mol. The minimum Gasteiger partial charge on any atom is -0.455 e. The number of thiophene rings is 2. The standard InChI is InChI=1S/C107H59N9OS2/c1-3-24-60(25-4-1)98-72-31-7-15-38-82(72)109-106(111-98)115-87-43-20-12-33-74(87)94-96-76-34-13-21-44-90(76)117-102(96)93-66(36-23-37-78(93)101(94)115)64-47-51-75-89(58-64)116(107-110-83-39-16-8-32-73(83)99(112-107)61-26-5-2-6-27-61)100-70-50-46-62(57-81(70)103-97(95(75)100)77-35-14-22-45-91(77)118-103)63-48-52-88-79(56-63)69-30-11-17-40-84(69)113(88)65-49-53-92-80(59-65)71-54-55-108-105(104(71)119-92)114-85-41-18-9-28-67(85)68-29-10-19-42-86(68)114/h1-59H. The Balaban J connectivity index is 0.691. The van der Waals surface area contributed by atoms with Gasteiger partial charge in [-0.2, -0.15) is 0 Å². The molecule has 0 N–H and O–H groups in total. The molecule has 27 aromatic rings. The largest absolute Gasteiger partial charge is 0.455 e. The van der Waals surface area contributed by atoms with Crippen molar-refractivity contribution >= 4 is 216 Å². The van der Waals surface area contributed by atoms with E-state index in [-0.39, 0.29) is 0 Å². The van der Waals surface area contributed by atoms with Crippen LogP contribution in [0.25, 0.3) is 261 Å². The Bertz CT molecular complexity index is 9100. The zero-order valence-electron chi connectivity index (χ0n) is 63.3. The van der Waals surface area contributed by atoms with Gasteiger partial charge in [0, 0.05) is 145 Å². The van der Waals surface area contributed by atoms with E-state index in [0.717, 1.165) is 192 Å². The second-order valence-corrected chi connectivity index (χ2v) is 33.3. The number of rotatable bonds is 8. The van der Waals surface area contributed by atoms with Gasteiger partial charge in [0.15, 0.2) is 5.82 Å². The Labute approximate surface area is 684 Å². The van der Waals surface area contributed by atoms with Gasteiger partial charge in [-0.15, -0.1) is 22.7 Å². The van der Waals surface area contributed by atoms with Crippen molar-refractivity contribution in [2.45, 2.75) is 0 Å². The van der Waals surface area contributed by atoms with E-state index in [9.17, 15) is 0 Å². The predicted octanol–water partition coefficient (Wildman–Crippen LogP) is 29.0. The quantitative estimate of drug-likeness (QED) is 0.150. The van der Waals surface area contributed by atoms with Crippen LogP contribution in [-0.4, -0.2) is 43.2 Å². The molecule has 0 spiro atoms. The molecule has 0 radical (unpaired) electrons. The Kier molecular flexibility index (Phi) is 13.4. The molecular formula is C107H59N9OS2. The molecule has 10 nitrogen and oxygen atoms in total. The van der Waals surface area contributed by atoms with Gasteiger partial charge in [0.25, 0.3) is 0 Å². The fraction of sp³-hybridized carbons (Fsp3) is 0. The molecule has 0 fully saturated rings. The molecule has 0 atom stereocenters. The first-order chi connectivity index (χ1) is 59.0. The van der Waals surface area contributed by atoms with Gasteiger partial charge in [-0.3, -0.25) is 13.7 Å². The number of aromatic nitrogens is 9. The van der Waals surface area contributed by atoms with Crippen LogP contribution >= 0.6 is 22.7 Å². The Morgan fingerprint density at radius 1 is 0.252 bits per heavy atom. The second-order valence-electron chi connectivity index (χ2n) is 31.2. The molecule has 0 aliphatic heterocycles. The lowest BCUT2D eigenvalue weighted by Crippen LogP contribution is -2.04. The van der Waals surface area contributed by atoms with Crippen LogP contribution in [0.3, 0.4) is 0 Å². The fourth-order valence-electron chi connectivity index (χ4n) is 20.0. The summed E-state index contributed by atoms with van der Waals surface area (Å²) in [6.45, 7) is 0. The smallest absolute Gasteiger partial charge is 0.235 e. The van der Waals surface area contributed by atoms with E-state index in [4.69, 9.17) is 29.3 Å². The van der Waals surface area contributed by atoms with Crippen molar-refractivity contribution in [2.75, 3.05) is 0 Å². The van der Waals surface area contributed by atoms with Gasteiger partial charge < -0.3 is 8.98 Å². The molecular weight excluding hydrogens is 1490 g/mol. The molecule has 10 heterocycles.